The van der Waals surface area contributed by atoms with E-state index in [9.17, 15) is 4.79 Å². The van der Waals surface area contributed by atoms with Gasteiger partial charge in [0.05, 0.1) is 0 Å². The molecule has 0 aliphatic heterocycles. The highest BCUT2D eigenvalue weighted by molar-refractivity contribution is 6.58. The maximum absolute atomic E-state index is 10.7. The summed E-state index contributed by atoms with van der Waals surface area (Å²) in [7, 11) is -0.170. The minimum absolute atomic E-state index is 0.244. The predicted octanol–water partition coefficient (Wildman–Crippen LogP) is -0.992. The Labute approximate surface area is 93.4 Å². The summed E-state index contributed by atoms with van der Waals surface area (Å²) in [4.78, 5) is 10.7. The molecule has 5 nitrogen and oxygen atoms in total. The number of hydrogen-bond donors (Lipinski definition) is 3. The Morgan fingerprint density at radius 1 is 1.38 bits per heavy atom. The summed E-state index contributed by atoms with van der Waals surface area (Å²) < 4.78 is 4.80. The first-order valence-electron chi connectivity index (χ1n) is 4.75. The van der Waals surface area contributed by atoms with E-state index in [0.29, 0.717) is 5.46 Å². The zero-order chi connectivity index (χ0) is 12.1. The standard InChI is InChI=1S/C10H13BO5/c1-16-9(10(12)13)6-7-2-4-8(5-3-7)11(14)15/h2-5,9,14-15H,6H2,1H3,(H,12,13). The molecule has 1 unspecified atom stereocenters. The van der Waals surface area contributed by atoms with Gasteiger partial charge in [-0.15, -0.1) is 0 Å². The number of benzene rings is 1. The number of hydrogen-bond acceptors (Lipinski definition) is 4. The maximum Gasteiger partial charge on any atom is 0.488 e. The highest BCUT2D eigenvalue weighted by Gasteiger charge is 2.17. The van der Waals surface area contributed by atoms with E-state index in [1.165, 1.54) is 19.2 Å². The lowest BCUT2D eigenvalue weighted by Gasteiger charge is -2.10. The molecular formula is C10H13BO5. The normalized spacial score (nSPS) is 12.2. The van der Waals surface area contributed by atoms with E-state index in [1.807, 2.05) is 0 Å². The fourth-order valence-corrected chi connectivity index (χ4v) is 1.31. The van der Waals surface area contributed by atoms with E-state index >= 15 is 0 Å². The second-order valence-electron chi connectivity index (χ2n) is 3.38. The van der Waals surface area contributed by atoms with Crippen LogP contribution in [0.25, 0.3) is 0 Å². The first kappa shape index (κ1) is 12.7. The zero-order valence-corrected chi connectivity index (χ0v) is 8.83. The molecule has 16 heavy (non-hydrogen) atoms. The van der Waals surface area contributed by atoms with Gasteiger partial charge in [0.15, 0.2) is 6.10 Å². The van der Waals surface area contributed by atoms with Crippen LogP contribution in [0.3, 0.4) is 0 Å². The number of aliphatic carboxylic acids is 1. The van der Waals surface area contributed by atoms with Crippen LogP contribution in [-0.4, -0.2) is 41.5 Å². The lowest BCUT2D eigenvalue weighted by Crippen LogP contribution is -2.30. The average molecular weight is 224 g/mol. The molecule has 0 radical (unpaired) electrons. The van der Waals surface area contributed by atoms with Crippen molar-refractivity contribution in [2.75, 3.05) is 7.11 Å². The monoisotopic (exact) mass is 224 g/mol. The second kappa shape index (κ2) is 5.65. The third-order valence-electron chi connectivity index (χ3n) is 2.26. The van der Waals surface area contributed by atoms with Crippen LogP contribution in [0.5, 0.6) is 0 Å². The number of methoxy groups -OCH3 is 1. The fraction of sp³-hybridized carbons (Fsp3) is 0.300. The summed E-state index contributed by atoms with van der Waals surface area (Å²) in [6.45, 7) is 0. The van der Waals surface area contributed by atoms with Crippen molar-refractivity contribution in [3.63, 3.8) is 0 Å². The van der Waals surface area contributed by atoms with Gasteiger partial charge in [-0.3, -0.25) is 0 Å². The van der Waals surface area contributed by atoms with Crippen molar-refractivity contribution in [3.8, 4) is 0 Å². The average Bonchev–Trinajstić information content (AvgIpc) is 2.26. The van der Waals surface area contributed by atoms with Gasteiger partial charge >= 0.3 is 13.1 Å². The molecule has 0 spiro atoms. The third-order valence-corrected chi connectivity index (χ3v) is 2.26. The quantitative estimate of drug-likeness (QED) is 0.559. The summed E-state index contributed by atoms with van der Waals surface area (Å²) in [5.41, 5.74) is 1.13. The van der Waals surface area contributed by atoms with Gasteiger partial charge in [0.1, 0.15) is 0 Å². The lowest BCUT2D eigenvalue weighted by atomic mass is 9.80. The number of carboxylic acid groups (broad SMARTS) is 1. The maximum atomic E-state index is 10.7. The molecule has 0 heterocycles. The summed E-state index contributed by atoms with van der Waals surface area (Å²) in [6.07, 6.45) is -0.641. The molecule has 1 atom stereocenters. The van der Waals surface area contributed by atoms with Crippen molar-refractivity contribution in [1.29, 1.82) is 0 Å². The third kappa shape index (κ3) is 3.34. The van der Waals surface area contributed by atoms with E-state index in [-0.39, 0.29) is 6.42 Å². The molecule has 6 heteroatoms. The Morgan fingerprint density at radius 2 is 1.94 bits per heavy atom. The van der Waals surface area contributed by atoms with Crippen LogP contribution in [0, 0.1) is 0 Å². The molecule has 1 aromatic rings. The molecule has 0 amide bonds. The zero-order valence-electron chi connectivity index (χ0n) is 8.83. The molecule has 0 aliphatic rings. The van der Waals surface area contributed by atoms with Gasteiger partial charge in [-0.05, 0) is 11.0 Å². The van der Waals surface area contributed by atoms with Crippen LogP contribution in [-0.2, 0) is 16.0 Å². The van der Waals surface area contributed by atoms with Crippen molar-refractivity contribution in [2.45, 2.75) is 12.5 Å². The highest BCUT2D eigenvalue weighted by atomic mass is 16.5. The van der Waals surface area contributed by atoms with Crippen LogP contribution >= 0.6 is 0 Å². The SMILES string of the molecule is COC(Cc1ccc(B(O)O)cc1)C(=O)O. The molecule has 1 rings (SSSR count). The van der Waals surface area contributed by atoms with Crippen LogP contribution in [0.4, 0.5) is 0 Å². The Hall–Kier alpha value is -1.37. The van der Waals surface area contributed by atoms with Gasteiger partial charge in [-0.25, -0.2) is 4.79 Å². The van der Waals surface area contributed by atoms with E-state index < -0.39 is 19.2 Å². The molecule has 0 bridgehead atoms. The smallest absolute Gasteiger partial charge is 0.479 e. The lowest BCUT2D eigenvalue weighted by molar-refractivity contribution is -0.148. The van der Waals surface area contributed by atoms with Gasteiger partial charge in [0.2, 0.25) is 0 Å². The molecule has 3 N–H and O–H groups in total. The van der Waals surface area contributed by atoms with Gasteiger partial charge in [0, 0.05) is 13.5 Å². The van der Waals surface area contributed by atoms with Crippen molar-refractivity contribution in [2.24, 2.45) is 0 Å². The largest absolute Gasteiger partial charge is 0.488 e. The van der Waals surface area contributed by atoms with Crippen molar-refractivity contribution in [1.82, 2.24) is 0 Å². The highest BCUT2D eigenvalue weighted by Crippen LogP contribution is 2.05. The summed E-state index contributed by atoms with van der Waals surface area (Å²) >= 11 is 0. The molecular weight excluding hydrogens is 211 g/mol. The van der Waals surface area contributed by atoms with Gasteiger partial charge in [0.25, 0.3) is 0 Å². The predicted molar refractivity (Wildman–Crippen MR) is 58.4 cm³/mol. The number of carbonyl (C=O) groups is 1. The summed E-state index contributed by atoms with van der Waals surface area (Å²) in [6, 6.07) is 6.36. The number of ether oxygens (including phenoxy) is 1. The van der Waals surface area contributed by atoms with Crippen molar-refractivity contribution < 1.29 is 24.7 Å². The first-order valence-corrected chi connectivity index (χ1v) is 4.75. The molecule has 0 saturated carbocycles. The van der Waals surface area contributed by atoms with Gasteiger partial charge < -0.3 is 19.9 Å². The van der Waals surface area contributed by atoms with Crippen molar-refractivity contribution in [3.05, 3.63) is 29.8 Å². The minimum atomic E-state index is -1.51. The van der Waals surface area contributed by atoms with E-state index in [4.69, 9.17) is 19.9 Å². The Morgan fingerprint density at radius 3 is 2.31 bits per heavy atom. The number of carboxylic acids is 1. The van der Waals surface area contributed by atoms with Crippen LogP contribution in [0.15, 0.2) is 24.3 Å². The van der Waals surface area contributed by atoms with Crippen molar-refractivity contribution >= 4 is 18.6 Å². The molecule has 0 aliphatic carbocycles. The Balaban J connectivity index is 2.71. The van der Waals surface area contributed by atoms with Crippen LogP contribution in [0.2, 0.25) is 0 Å². The Bertz CT molecular complexity index is 349. The van der Waals surface area contributed by atoms with E-state index in [1.54, 1.807) is 12.1 Å². The Kier molecular flexibility index (Phi) is 4.48. The van der Waals surface area contributed by atoms with Gasteiger partial charge in [-0.1, -0.05) is 24.3 Å². The molecule has 0 saturated heterocycles. The molecule has 1 aromatic carbocycles. The molecule has 86 valence electrons. The topological polar surface area (TPSA) is 87.0 Å². The molecule has 0 aromatic heterocycles. The molecule has 0 fully saturated rings. The number of rotatable bonds is 5. The van der Waals surface area contributed by atoms with E-state index in [2.05, 4.69) is 0 Å². The summed E-state index contributed by atoms with van der Waals surface area (Å²) in [5.74, 6) is -1.02. The minimum Gasteiger partial charge on any atom is -0.479 e. The van der Waals surface area contributed by atoms with E-state index in [0.717, 1.165) is 5.56 Å². The fourth-order valence-electron chi connectivity index (χ4n) is 1.31. The van der Waals surface area contributed by atoms with Gasteiger partial charge in [-0.2, -0.15) is 0 Å². The second-order valence-corrected chi connectivity index (χ2v) is 3.38. The van der Waals surface area contributed by atoms with Crippen LogP contribution < -0.4 is 5.46 Å². The van der Waals surface area contributed by atoms with Crippen LogP contribution in [0.1, 0.15) is 5.56 Å². The summed E-state index contributed by atoms with van der Waals surface area (Å²) in [5, 5.41) is 26.5. The first-order chi connectivity index (χ1) is 7.54.